The standard InChI is InChI=1S/C36H41ClN2O4/c1-23(22-43-32-11-16-38-31-8-3-5-24(2)33(31)32)17-27-19-26-10-9-25(21-40)18-30(26)35(27)12-14-36(15-13-35,34(41)42)39-29-7-4-6-28(37)20-29/h4,6-7,9-11,16,18,20-21,23-24,27,39H,3,5,8,12-15,17,19,22H2,1-2H3,(H,41,42)/t23-,24-,27+,35?,36?/m1/s1. The first-order valence-electron chi connectivity index (χ1n) is 15.7. The number of benzene rings is 2. The second kappa shape index (κ2) is 12.0. The summed E-state index contributed by atoms with van der Waals surface area (Å²) < 4.78 is 6.49. The van der Waals surface area contributed by atoms with Gasteiger partial charge in [0.15, 0.2) is 0 Å². The largest absolute Gasteiger partial charge is 0.493 e. The SMILES string of the molecule is C[C@@H](COc1ccnc2c1[C@H](C)CCC2)C[C@H]1Cc2ccc(C=O)cc2C12CCC(Nc1cccc(Cl)c1)(C(=O)O)CC2. The van der Waals surface area contributed by atoms with Gasteiger partial charge in [-0.1, -0.05) is 43.6 Å². The van der Waals surface area contributed by atoms with Crippen LogP contribution in [0.25, 0.3) is 0 Å². The van der Waals surface area contributed by atoms with Crippen molar-refractivity contribution in [3.05, 3.63) is 87.7 Å². The highest BCUT2D eigenvalue weighted by Gasteiger charge is 2.54. The number of rotatable bonds is 9. The average molecular weight is 601 g/mol. The fraction of sp³-hybridized carbons (Fsp3) is 0.472. The van der Waals surface area contributed by atoms with E-state index in [0.717, 1.165) is 49.8 Å². The summed E-state index contributed by atoms with van der Waals surface area (Å²) in [6.07, 6.45) is 10.5. The number of hydrogen-bond donors (Lipinski definition) is 2. The first kappa shape index (κ1) is 29.7. The van der Waals surface area contributed by atoms with Crippen molar-refractivity contribution in [2.24, 2.45) is 11.8 Å². The average Bonchev–Trinajstić information content (AvgIpc) is 3.28. The number of ether oxygens (including phenoxy) is 1. The predicted octanol–water partition coefficient (Wildman–Crippen LogP) is 8.01. The molecule has 7 heteroatoms. The third-order valence-electron chi connectivity index (χ3n) is 10.5. The number of carbonyl (C=O) groups excluding carboxylic acids is 1. The smallest absolute Gasteiger partial charge is 0.329 e. The number of aliphatic carboxylic acids is 1. The molecule has 0 bridgehead atoms. The number of carboxylic acid groups (broad SMARTS) is 1. The summed E-state index contributed by atoms with van der Waals surface area (Å²) in [5.41, 5.74) is 5.11. The number of aromatic nitrogens is 1. The van der Waals surface area contributed by atoms with Crippen molar-refractivity contribution in [3.8, 4) is 5.75 Å². The van der Waals surface area contributed by atoms with Crippen LogP contribution in [-0.2, 0) is 23.1 Å². The summed E-state index contributed by atoms with van der Waals surface area (Å²) in [5, 5.41) is 14.4. The molecule has 226 valence electrons. The molecule has 0 amide bonds. The summed E-state index contributed by atoms with van der Waals surface area (Å²) >= 11 is 6.22. The Balaban J connectivity index is 1.23. The van der Waals surface area contributed by atoms with Crippen molar-refractivity contribution in [2.45, 2.75) is 88.5 Å². The number of aldehydes is 1. The summed E-state index contributed by atoms with van der Waals surface area (Å²) in [6, 6.07) is 15.4. The maximum Gasteiger partial charge on any atom is 0.329 e. The lowest BCUT2D eigenvalue weighted by Gasteiger charge is -2.47. The van der Waals surface area contributed by atoms with Gasteiger partial charge in [-0.15, -0.1) is 0 Å². The maximum atomic E-state index is 12.8. The molecule has 43 heavy (non-hydrogen) atoms. The van der Waals surface area contributed by atoms with Crippen LogP contribution in [0.5, 0.6) is 5.75 Å². The topological polar surface area (TPSA) is 88.5 Å². The molecule has 6 nitrogen and oxygen atoms in total. The van der Waals surface area contributed by atoms with Crippen molar-refractivity contribution in [1.29, 1.82) is 0 Å². The Morgan fingerprint density at radius 3 is 2.74 bits per heavy atom. The Morgan fingerprint density at radius 2 is 2.00 bits per heavy atom. The number of nitrogens with one attached hydrogen (secondary N) is 1. The molecule has 1 spiro atoms. The number of halogens is 1. The second-order valence-corrected chi connectivity index (χ2v) is 13.7. The molecule has 1 saturated carbocycles. The van der Waals surface area contributed by atoms with Gasteiger partial charge in [-0.25, -0.2) is 4.79 Å². The molecule has 3 atom stereocenters. The maximum absolute atomic E-state index is 12.8. The first-order valence-corrected chi connectivity index (χ1v) is 16.1. The van der Waals surface area contributed by atoms with Gasteiger partial charge in [-0.3, -0.25) is 9.78 Å². The number of pyridine rings is 1. The van der Waals surface area contributed by atoms with E-state index in [-0.39, 0.29) is 5.41 Å². The Bertz CT molecular complexity index is 1510. The number of anilines is 1. The molecule has 2 aromatic carbocycles. The van der Waals surface area contributed by atoms with E-state index in [9.17, 15) is 14.7 Å². The van der Waals surface area contributed by atoms with Crippen LogP contribution in [0.4, 0.5) is 5.69 Å². The molecule has 0 aliphatic heterocycles. The number of nitrogens with zero attached hydrogens (tertiary/aromatic N) is 1. The molecule has 1 heterocycles. The lowest BCUT2D eigenvalue weighted by atomic mass is 9.59. The number of hydrogen-bond acceptors (Lipinski definition) is 5. The summed E-state index contributed by atoms with van der Waals surface area (Å²) in [7, 11) is 0. The van der Waals surface area contributed by atoms with Gasteiger partial charge in [0, 0.05) is 33.7 Å². The van der Waals surface area contributed by atoms with Gasteiger partial charge in [0.2, 0.25) is 0 Å². The van der Waals surface area contributed by atoms with Crippen LogP contribution in [-0.4, -0.2) is 34.5 Å². The molecular weight excluding hydrogens is 560 g/mol. The molecule has 0 saturated heterocycles. The summed E-state index contributed by atoms with van der Waals surface area (Å²) in [6.45, 7) is 5.15. The van der Waals surface area contributed by atoms with Gasteiger partial charge in [0.05, 0.1) is 6.61 Å². The van der Waals surface area contributed by atoms with E-state index in [0.29, 0.717) is 47.8 Å². The Hall–Kier alpha value is -3.38. The zero-order valence-corrected chi connectivity index (χ0v) is 25.8. The zero-order chi connectivity index (χ0) is 30.2. The molecule has 1 fully saturated rings. The van der Waals surface area contributed by atoms with E-state index < -0.39 is 11.5 Å². The van der Waals surface area contributed by atoms with Crippen LogP contribution < -0.4 is 10.1 Å². The van der Waals surface area contributed by atoms with Crippen LogP contribution in [0, 0.1) is 11.8 Å². The Labute approximate surface area is 259 Å². The molecule has 0 radical (unpaired) electrons. The molecule has 3 aromatic rings. The van der Waals surface area contributed by atoms with Gasteiger partial charge in [-0.05, 0) is 122 Å². The van der Waals surface area contributed by atoms with E-state index in [1.165, 1.54) is 35.2 Å². The third-order valence-corrected chi connectivity index (χ3v) is 10.7. The van der Waals surface area contributed by atoms with E-state index in [1.807, 2.05) is 30.5 Å². The lowest BCUT2D eigenvalue weighted by Crippen LogP contribution is -2.53. The van der Waals surface area contributed by atoms with Crippen LogP contribution >= 0.6 is 11.6 Å². The highest BCUT2D eigenvalue weighted by atomic mass is 35.5. The molecular formula is C36H41ClN2O4. The van der Waals surface area contributed by atoms with Crippen LogP contribution in [0.15, 0.2) is 54.7 Å². The molecule has 6 rings (SSSR count). The fourth-order valence-corrected chi connectivity index (χ4v) is 8.38. The monoisotopic (exact) mass is 600 g/mol. The van der Waals surface area contributed by atoms with Crippen molar-refractivity contribution in [1.82, 2.24) is 4.98 Å². The van der Waals surface area contributed by atoms with Crippen molar-refractivity contribution in [3.63, 3.8) is 0 Å². The molecule has 3 aliphatic carbocycles. The Morgan fingerprint density at radius 1 is 1.19 bits per heavy atom. The minimum absolute atomic E-state index is 0.179. The van der Waals surface area contributed by atoms with Crippen LogP contribution in [0.2, 0.25) is 5.02 Å². The third kappa shape index (κ3) is 5.66. The first-order chi connectivity index (χ1) is 20.7. The van der Waals surface area contributed by atoms with Gasteiger partial charge in [-0.2, -0.15) is 0 Å². The van der Waals surface area contributed by atoms with Crippen LogP contribution in [0.3, 0.4) is 0 Å². The van der Waals surface area contributed by atoms with Crippen molar-refractivity contribution < 1.29 is 19.4 Å². The zero-order valence-electron chi connectivity index (χ0n) is 25.1. The van der Waals surface area contributed by atoms with Gasteiger partial charge < -0.3 is 15.2 Å². The number of fused-ring (bicyclic) bond motifs is 3. The molecule has 2 N–H and O–H groups in total. The van der Waals surface area contributed by atoms with Crippen LogP contribution in [0.1, 0.15) is 97.5 Å². The van der Waals surface area contributed by atoms with Crippen molar-refractivity contribution >= 4 is 29.5 Å². The molecule has 1 aromatic heterocycles. The summed E-state index contributed by atoms with van der Waals surface area (Å²) in [4.78, 5) is 29.2. The predicted molar refractivity (Wildman–Crippen MR) is 169 cm³/mol. The molecule has 3 aliphatic rings. The van der Waals surface area contributed by atoms with Crippen molar-refractivity contribution in [2.75, 3.05) is 11.9 Å². The lowest BCUT2D eigenvalue weighted by molar-refractivity contribution is -0.144. The minimum atomic E-state index is -1.07. The minimum Gasteiger partial charge on any atom is -0.493 e. The number of aryl methyl sites for hydroxylation is 1. The summed E-state index contributed by atoms with van der Waals surface area (Å²) in [5.74, 6) is 1.24. The van der Waals surface area contributed by atoms with Gasteiger partial charge in [0.25, 0.3) is 0 Å². The highest BCUT2D eigenvalue weighted by molar-refractivity contribution is 6.30. The highest BCUT2D eigenvalue weighted by Crippen LogP contribution is 2.56. The Kier molecular flexibility index (Phi) is 8.25. The second-order valence-electron chi connectivity index (χ2n) is 13.2. The quantitative estimate of drug-likeness (QED) is 0.242. The molecule has 0 unspecified atom stereocenters. The van der Waals surface area contributed by atoms with E-state index in [2.05, 4.69) is 36.3 Å². The fourth-order valence-electron chi connectivity index (χ4n) is 8.19. The van der Waals surface area contributed by atoms with E-state index >= 15 is 0 Å². The number of carbonyl (C=O) groups is 2. The van der Waals surface area contributed by atoms with E-state index in [1.54, 1.807) is 12.1 Å². The van der Waals surface area contributed by atoms with E-state index in [4.69, 9.17) is 16.3 Å². The van der Waals surface area contributed by atoms with Gasteiger partial charge in [0.1, 0.15) is 17.6 Å². The normalized spacial score (nSPS) is 26.8. The number of carboxylic acids is 1. The van der Waals surface area contributed by atoms with Gasteiger partial charge >= 0.3 is 5.97 Å².